The van der Waals surface area contributed by atoms with Crippen molar-refractivity contribution in [1.82, 2.24) is 9.88 Å². The normalized spacial score (nSPS) is 18.7. The quantitative estimate of drug-likeness (QED) is 0.732. The number of piperidine rings is 1. The molecule has 1 spiro atoms. The van der Waals surface area contributed by atoms with E-state index in [4.69, 9.17) is 4.74 Å². The van der Waals surface area contributed by atoms with Gasteiger partial charge in [-0.3, -0.25) is 14.6 Å². The van der Waals surface area contributed by atoms with Gasteiger partial charge in [0.15, 0.2) is 5.60 Å². The summed E-state index contributed by atoms with van der Waals surface area (Å²) in [5, 5.41) is 0. The van der Waals surface area contributed by atoms with Crippen LogP contribution in [0.2, 0.25) is 0 Å². The summed E-state index contributed by atoms with van der Waals surface area (Å²) in [6.07, 6.45) is 3.00. The number of ether oxygens (including phenoxy) is 1. The minimum atomic E-state index is -1.20. The maximum Gasteiger partial charge on any atom is 0.422 e. The molecule has 8 heteroatoms. The Balaban J connectivity index is 1.49. The van der Waals surface area contributed by atoms with Crippen molar-refractivity contribution in [3.05, 3.63) is 58.8 Å². The number of halogens is 1. The molecule has 0 N–H and O–H groups in total. The van der Waals surface area contributed by atoms with Crippen molar-refractivity contribution >= 4 is 39.5 Å². The second-order valence-corrected chi connectivity index (χ2v) is 7.44. The van der Waals surface area contributed by atoms with Crippen molar-refractivity contribution in [1.29, 1.82) is 0 Å². The van der Waals surface area contributed by atoms with Gasteiger partial charge in [-0.2, -0.15) is 0 Å². The van der Waals surface area contributed by atoms with Crippen LogP contribution in [0.5, 0.6) is 0 Å². The summed E-state index contributed by atoms with van der Waals surface area (Å²) < 4.78 is 6.22. The van der Waals surface area contributed by atoms with E-state index in [1.54, 1.807) is 41.4 Å². The average molecular weight is 430 g/mol. The molecule has 0 aliphatic carbocycles. The molecule has 4 rings (SSSR count). The molecule has 2 fully saturated rings. The third-order valence-corrected chi connectivity index (χ3v) is 5.32. The first-order valence-corrected chi connectivity index (χ1v) is 9.32. The Morgan fingerprint density at radius 1 is 1.11 bits per heavy atom. The number of anilines is 1. The van der Waals surface area contributed by atoms with Crippen LogP contribution in [0.1, 0.15) is 23.2 Å². The van der Waals surface area contributed by atoms with Crippen LogP contribution in [0.3, 0.4) is 0 Å². The highest BCUT2D eigenvalue weighted by Gasteiger charge is 2.55. The Kier molecular flexibility index (Phi) is 4.43. The maximum absolute atomic E-state index is 12.9. The fourth-order valence-electron chi connectivity index (χ4n) is 3.44. The monoisotopic (exact) mass is 429 g/mol. The lowest BCUT2D eigenvalue weighted by atomic mass is 9.90. The number of para-hydroxylation sites is 1. The number of aromatic nitrogens is 1. The van der Waals surface area contributed by atoms with Crippen LogP contribution in [0.4, 0.5) is 10.5 Å². The number of amides is 3. The van der Waals surface area contributed by atoms with E-state index in [1.807, 2.05) is 6.07 Å². The number of pyridine rings is 1. The van der Waals surface area contributed by atoms with Gasteiger partial charge in [-0.1, -0.05) is 18.2 Å². The van der Waals surface area contributed by atoms with E-state index in [0.29, 0.717) is 24.3 Å². The Morgan fingerprint density at radius 3 is 2.48 bits per heavy atom. The molecule has 2 aromatic rings. The second-order valence-electron chi connectivity index (χ2n) is 6.52. The number of rotatable bonds is 2. The summed E-state index contributed by atoms with van der Waals surface area (Å²) in [6, 6.07) is 10.4. The zero-order chi connectivity index (χ0) is 19.0. The highest BCUT2D eigenvalue weighted by Crippen LogP contribution is 2.37. The standard InChI is InChI=1S/C19H16BrN3O4/c20-14-10-13(11-21-12-14)16(24)22-8-6-19(7-9-22)17(25)23(18(26)27-19)15-4-2-1-3-5-15/h1-5,10-12H,6-9H2. The fourth-order valence-corrected chi connectivity index (χ4v) is 3.81. The second kappa shape index (κ2) is 6.77. The van der Waals surface area contributed by atoms with Crippen LogP contribution in [-0.4, -0.2) is 46.5 Å². The maximum atomic E-state index is 12.9. The zero-order valence-corrected chi connectivity index (χ0v) is 15.9. The molecule has 0 saturated carbocycles. The molecule has 138 valence electrons. The Morgan fingerprint density at radius 2 is 1.81 bits per heavy atom. The summed E-state index contributed by atoms with van der Waals surface area (Å²) in [7, 11) is 0. The Hall–Kier alpha value is -2.74. The van der Waals surface area contributed by atoms with Crippen molar-refractivity contribution < 1.29 is 19.1 Å². The number of carbonyl (C=O) groups is 3. The lowest BCUT2D eigenvalue weighted by Crippen LogP contribution is -2.51. The van der Waals surface area contributed by atoms with Crippen molar-refractivity contribution in [2.45, 2.75) is 18.4 Å². The van der Waals surface area contributed by atoms with Gasteiger partial charge in [0.05, 0.1) is 11.3 Å². The first-order valence-electron chi connectivity index (χ1n) is 8.53. The number of benzene rings is 1. The molecular weight excluding hydrogens is 414 g/mol. The topological polar surface area (TPSA) is 79.8 Å². The van der Waals surface area contributed by atoms with Gasteiger partial charge in [0, 0.05) is 42.8 Å². The van der Waals surface area contributed by atoms with Gasteiger partial charge in [0.1, 0.15) is 0 Å². The van der Waals surface area contributed by atoms with E-state index in [0.717, 1.165) is 9.37 Å². The van der Waals surface area contributed by atoms with E-state index >= 15 is 0 Å². The largest absolute Gasteiger partial charge is 0.432 e. The molecule has 0 radical (unpaired) electrons. The molecule has 2 saturated heterocycles. The van der Waals surface area contributed by atoms with Crippen LogP contribution in [-0.2, 0) is 9.53 Å². The summed E-state index contributed by atoms with van der Waals surface area (Å²) in [5.74, 6) is -0.523. The van der Waals surface area contributed by atoms with Gasteiger partial charge in [-0.25, -0.2) is 9.69 Å². The molecule has 7 nitrogen and oxygen atoms in total. The number of carbonyl (C=O) groups excluding carboxylic acids is 3. The van der Waals surface area contributed by atoms with Crippen LogP contribution in [0.25, 0.3) is 0 Å². The minimum absolute atomic E-state index is 0.157. The highest BCUT2D eigenvalue weighted by molar-refractivity contribution is 9.10. The number of hydrogen-bond donors (Lipinski definition) is 0. The summed E-state index contributed by atoms with van der Waals surface area (Å²) >= 11 is 3.31. The van der Waals surface area contributed by atoms with Crippen molar-refractivity contribution in [2.75, 3.05) is 18.0 Å². The first kappa shape index (κ1) is 17.7. The average Bonchev–Trinajstić information content (AvgIpc) is 2.92. The molecule has 2 aliphatic rings. The van der Waals surface area contributed by atoms with Gasteiger partial charge >= 0.3 is 6.09 Å². The molecule has 1 aromatic carbocycles. The van der Waals surface area contributed by atoms with Crippen molar-refractivity contribution in [2.24, 2.45) is 0 Å². The van der Waals surface area contributed by atoms with E-state index in [1.165, 1.54) is 6.20 Å². The third-order valence-electron chi connectivity index (χ3n) is 4.88. The van der Waals surface area contributed by atoms with E-state index in [9.17, 15) is 14.4 Å². The Bertz CT molecular complexity index is 910. The minimum Gasteiger partial charge on any atom is -0.432 e. The van der Waals surface area contributed by atoms with Crippen molar-refractivity contribution in [3.63, 3.8) is 0 Å². The van der Waals surface area contributed by atoms with E-state index in [2.05, 4.69) is 20.9 Å². The number of hydrogen-bond acceptors (Lipinski definition) is 5. The first-order chi connectivity index (χ1) is 13.0. The molecule has 1 aromatic heterocycles. The molecule has 2 aliphatic heterocycles. The number of imide groups is 1. The van der Waals surface area contributed by atoms with Gasteiger partial charge in [0.25, 0.3) is 11.8 Å². The van der Waals surface area contributed by atoms with Gasteiger partial charge < -0.3 is 9.64 Å². The van der Waals surface area contributed by atoms with Gasteiger partial charge in [0.2, 0.25) is 0 Å². The SMILES string of the molecule is O=C(c1cncc(Br)c1)N1CCC2(CC1)OC(=O)N(c1ccccc1)C2=O. The summed E-state index contributed by atoms with van der Waals surface area (Å²) in [4.78, 5) is 44.7. The predicted molar refractivity (Wildman–Crippen MR) is 100 cm³/mol. The number of likely N-dealkylation sites (tertiary alicyclic amines) is 1. The van der Waals surface area contributed by atoms with E-state index < -0.39 is 11.7 Å². The van der Waals surface area contributed by atoms with Crippen LogP contribution >= 0.6 is 15.9 Å². The molecule has 0 unspecified atom stereocenters. The van der Waals surface area contributed by atoms with Crippen LogP contribution in [0, 0.1) is 0 Å². The Labute approximate surface area is 164 Å². The molecule has 0 atom stereocenters. The van der Waals surface area contributed by atoms with Gasteiger partial charge in [-0.15, -0.1) is 0 Å². The fraction of sp³-hybridized carbons (Fsp3) is 0.263. The summed E-state index contributed by atoms with van der Waals surface area (Å²) in [5.41, 5.74) is -0.233. The van der Waals surface area contributed by atoms with Gasteiger partial charge in [-0.05, 0) is 34.1 Å². The number of nitrogens with zero attached hydrogens (tertiary/aromatic N) is 3. The molecule has 0 bridgehead atoms. The predicted octanol–water partition coefficient (Wildman–Crippen LogP) is 3.00. The van der Waals surface area contributed by atoms with Crippen molar-refractivity contribution in [3.8, 4) is 0 Å². The lowest BCUT2D eigenvalue weighted by molar-refractivity contribution is -0.133. The van der Waals surface area contributed by atoms with E-state index in [-0.39, 0.29) is 24.7 Å². The summed E-state index contributed by atoms with van der Waals surface area (Å²) in [6.45, 7) is 0.653. The zero-order valence-electron chi connectivity index (χ0n) is 14.3. The molecule has 3 amide bonds. The molecule has 3 heterocycles. The molecule has 27 heavy (non-hydrogen) atoms. The van der Waals surface area contributed by atoms with Crippen LogP contribution in [0.15, 0.2) is 53.3 Å². The smallest absolute Gasteiger partial charge is 0.422 e. The molecular formula is C19H16BrN3O4. The lowest BCUT2D eigenvalue weighted by Gasteiger charge is -2.36. The highest BCUT2D eigenvalue weighted by atomic mass is 79.9. The third kappa shape index (κ3) is 3.10. The van der Waals surface area contributed by atoms with Crippen LogP contribution < -0.4 is 4.90 Å².